The highest BCUT2D eigenvalue weighted by Crippen LogP contribution is 2.31. The van der Waals surface area contributed by atoms with Crippen LogP contribution >= 0.6 is 0 Å². The molecule has 300 valence electrons. The van der Waals surface area contributed by atoms with Gasteiger partial charge in [-0.25, -0.2) is 9.59 Å². The smallest absolute Gasteiger partial charge is 0.378 e. The monoisotopic (exact) mass is 752 g/mol. The summed E-state index contributed by atoms with van der Waals surface area (Å²) in [6.07, 6.45) is 1.76. The third kappa shape index (κ3) is 13.4. The normalized spacial score (nSPS) is 27.1. The molecule has 1 saturated heterocycles. The average molecular weight is 753 g/mol. The van der Waals surface area contributed by atoms with Crippen LogP contribution in [0, 0.1) is 0 Å². The molecule has 1 fully saturated rings. The van der Waals surface area contributed by atoms with Gasteiger partial charge in [-0.05, 0) is 6.42 Å². The summed E-state index contributed by atoms with van der Waals surface area (Å²) in [5.41, 5.74) is 0. The fourth-order valence-electron chi connectivity index (χ4n) is 5.60. The second kappa shape index (κ2) is 23.6. The summed E-state index contributed by atoms with van der Waals surface area (Å²) < 4.78 is 24.5. The van der Waals surface area contributed by atoms with E-state index in [4.69, 9.17) is 34.3 Å². The van der Waals surface area contributed by atoms with Gasteiger partial charge in [0.2, 0.25) is 23.6 Å². The zero-order chi connectivity index (χ0) is 38.8. The zero-order valence-electron chi connectivity index (χ0n) is 29.5. The number of ether oxygens (including phenoxy) is 5. The Morgan fingerprint density at radius 3 is 1.58 bits per heavy atom. The molecule has 52 heavy (non-hydrogen) atoms. The van der Waals surface area contributed by atoms with Crippen LogP contribution in [-0.4, -0.2) is 144 Å². The molecular weight excluding hydrogens is 696 g/mol. The van der Waals surface area contributed by atoms with E-state index in [-0.39, 0.29) is 6.42 Å². The number of esters is 3. The third-order valence-electron chi connectivity index (χ3n) is 8.71. The minimum absolute atomic E-state index is 0.157. The fraction of sp³-hybridized carbons (Fsp3) is 0.794. The van der Waals surface area contributed by atoms with Crippen LogP contribution in [0.2, 0.25) is 0 Å². The molecule has 0 bridgehead atoms. The van der Waals surface area contributed by atoms with E-state index in [1.54, 1.807) is 0 Å². The van der Waals surface area contributed by atoms with Crippen molar-refractivity contribution in [2.24, 2.45) is 0 Å². The molecule has 0 radical (unpaired) electrons. The maximum absolute atomic E-state index is 11.9. The van der Waals surface area contributed by atoms with Gasteiger partial charge in [0.15, 0.2) is 18.0 Å². The van der Waals surface area contributed by atoms with Crippen molar-refractivity contribution in [3.05, 3.63) is 23.0 Å². The van der Waals surface area contributed by atoms with Crippen molar-refractivity contribution in [2.45, 2.75) is 152 Å². The van der Waals surface area contributed by atoms with Crippen LogP contribution in [-0.2, 0) is 38.1 Å². The summed E-state index contributed by atoms with van der Waals surface area (Å²) in [7, 11) is 0. The predicted molar refractivity (Wildman–Crippen MR) is 177 cm³/mol. The van der Waals surface area contributed by atoms with E-state index in [0.717, 1.165) is 19.3 Å². The second-order valence-corrected chi connectivity index (χ2v) is 12.9. The minimum Gasteiger partial charge on any atom is -0.499 e. The Balaban J connectivity index is 0.000000369. The lowest BCUT2D eigenvalue weighted by molar-refractivity contribution is -0.294. The maximum Gasteiger partial charge on any atom is 0.378 e. The molecule has 18 heteroatoms. The van der Waals surface area contributed by atoms with E-state index in [9.17, 15) is 50.1 Å². The molecule has 3 aliphatic rings. The molecule has 10 N–H and O–H groups in total. The fourth-order valence-corrected chi connectivity index (χ4v) is 5.60. The highest BCUT2D eigenvalue weighted by atomic mass is 16.7. The zero-order valence-corrected chi connectivity index (χ0v) is 29.5. The van der Waals surface area contributed by atoms with E-state index in [0.29, 0.717) is 6.42 Å². The van der Waals surface area contributed by atoms with Crippen LogP contribution in [0.1, 0.15) is 96.8 Å². The molecule has 0 spiro atoms. The molecule has 0 aliphatic carbocycles. The Morgan fingerprint density at radius 2 is 1.12 bits per heavy atom. The standard InChI is InChI=1S/C22H38O7.C12H18O11/c1-2-3-4-5-6-7-8-9-10-11-12-13-14-15-18(25)28-21-19(26)22(27)29-20(21)17(24)16-23;13-1-3(15)9-10(8(19)11(20)22-9)23-12-7(18)6(17)5(16)4(2-14)21-12/h17,20,23-24,26H,2-16H2,1H3;3-7,9,12-19H,1-2H2/t17-,20+;3-,4+,5+,6-,7+,9+,12?/m00/s1. The van der Waals surface area contributed by atoms with Gasteiger partial charge in [-0.15, -0.1) is 0 Å². The van der Waals surface area contributed by atoms with Gasteiger partial charge >= 0.3 is 17.9 Å². The lowest BCUT2D eigenvalue weighted by Crippen LogP contribution is -2.59. The number of hydrogen-bond donors (Lipinski definition) is 10. The molecule has 3 aliphatic heterocycles. The van der Waals surface area contributed by atoms with Gasteiger partial charge in [0.05, 0.1) is 19.8 Å². The molecular formula is C34H56O18. The van der Waals surface area contributed by atoms with Crippen molar-refractivity contribution in [1.82, 2.24) is 0 Å². The largest absolute Gasteiger partial charge is 0.499 e. The Bertz CT molecular complexity index is 1170. The Kier molecular flexibility index (Phi) is 20.4. The van der Waals surface area contributed by atoms with E-state index >= 15 is 0 Å². The van der Waals surface area contributed by atoms with Gasteiger partial charge in [0, 0.05) is 6.42 Å². The molecule has 3 rings (SSSR count). The van der Waals surface area contributed by atoms with Crippen molar-refractivity contribution < 1.29 is 89.1 Å². The van der Waals surface area contributed by atoms with Crippen molar-refractivity contribution in [3.63, 3.8) is 0 Å². The van der Waals surface area contributed by atoms with Crippen molar-refractivity contribution >= 4 is 17.9 Å². The summed E-state index contributed by atoms with van der Waals surface area (Å²) in [6, 6.07) is 0. The summed E-state index contributed by atoms with van der Waals surface area (Å²) in [5, 5.41) is 94.5. The summed E-state index contributed by atoms with van der Waals surface area (Å²) in [6.45, 7) is 0.0315. The first-order valence-corrected chi connectivity index (χ1v) is 17.9. The van der Waals surface area contributed by atoms with Gasteiger partial charge in [-0.2, -0.15) is 0 Å². The molecule has 0 amide bonds. The third-order valence-corrected chi connectivity index (χ3v) is 8.71. The number of carbonyl (C=O) groups excluding carboxylic acids is 3. The Hall–Kier alpha value is -3.07. The average Bonchev–Trinajstić information content (AvgIpc) is 3.58. The van der Waals surface area contributed by atoms with Gasteiger partial charge < -0.3 is 74.7 Å². The number of aliphatic hydroxyl groups excluding tert-OH is 10. The summed E-state index contributed by atoms with van der Waals surface area (Å²) in [5.74, 6) is -5.76. The van der Waals surface area contributed by atoms with Crippen LogP contribution in [0.15, 0.2) is 23.0 Å². The number of cyclic esters (lactones) is 2. The highest BCUT2D eigenvalue weighted by molar-refractivity contribution is 5.90. The Morgan fingerprint density at radius 1 is 0.673 bits per heavy atom. The predicted octanol–water partition coefficient (Wildman–Crippen LogP) is -0.0898. The first-order valence-electron chi connectivity index (χ1n) is 17.9. The quantitative estimate of drug-likeness (QED) is 0.0393. The SMILES string of the molecule is CCCCCCCCCCCCCCCC(=O)OC1=C(O)C(=O)O[C@@H]1[C@@H](O)CO.O=C1O[C@H]([C@@H](O)CO)C(OC2O[C@H](CO)[C@@H](O)[C@H](O)[C@H]2O)=C1O. The number of carbonyl (C=O) groups is 3. The van der Waals surface area contributed by atoms with Crippen LogP contribution < -0.4 is 0 Å². The van der Waals surface area contributed by atoms with Crippen LogP contribution in [0.5, 0.6) is 0 Å². The number of unbranched alkanes of at least 4 members (excludes halogenated alkanes) is 12. The topological polar surface area (TPSA) is 300 Å². The van der Waals surface area contributed by atoms with Crippen LogP contribution in [0.4, 0.5) is 0 Å². The van der Waals surface area contributed by atoms with Crippen LogP contribution in [0.3, 0.4) is 0 Å². The van der Waals surface area contributed by atoms with E-state index in [2.05, 4.69) is 11.7 Å². The summed E-state index contributed by atoms with van der Waals surface area (Å²) in [4.78, 5) is 34.6. The second-order valence-electron chi connectivity index (χ2n) is 12.9. The molecule has 0 aromatic carbocycles. The van der Waals surface area contributed by atoms with Gasteiger partial charge in [0.1, 0.15) is 36.6 Å². The lowest BCUT2D eigenvalue weighted by atomic mass is 9.99. The van der Waals surface area contributed by atoms with Gasteiger partial charge in [-0.1, -0.05) is 84.0 Å². The van der Waals surface area contributed by atoms with Crippen molar-refractivity contribution in [1.29, 1.82) is 0 Å². The van der Waals surface area contributed by atoms with Gasteiger partial charge in [-0.3, -0.25) is 4.79 Å². The maximum atomic E-state index is 11.9. The molecule has 0 aromatic rings. The van der Waals surface area contributed by atoms with E-state index in [1.807, 2.05) is 0 Å². The minimum atomic E-state index is -1.78. The van der Waals surface area contributed by atoms with Gasteiger partial charge in [0.25, 0.3) is 0 Å². The number of aliphatic hydroxyl groups is 10. The van der Waals surface area contributed by atoms with E-state index < -0.39 is 116 Å². The highest BCUT2D eigenvalue weighted by Gasteiger charge is 2.48. The first kappa shape index (κ1) is 45.1. The molecule has 1 unspecified atom stereocenters. The number of hydrogen-bond acceptors (Lipinski definition) is 18. The lowest BCUT2D eigenvalue weighted by Gasteiger charge is -2.40. The molecule has 0 aromatic heterocycles. The molecule has 3 heterocycles. The summed E-state index contributed by atoms with van der Waals surface area (Å²) >= 11 is 0. The van der Waals surface area contributed by atoms with Crippen molar-refractivity contribution in [2.75, 3.05) is 19.8 Å². The Labute approximate surface area is 301 Å². The van der Waals surface area contributed by atoms with E-state index in [1.165, 1.54) is 57.8 Å². The first-order chi connectivity index (χ1) is 24.8. The van der Waals surface area contributed by atoms with Crippen molar-refractivity contribution in [3.8, 4) is 0 Å². The number of rotatable bonds is 22. The molecule has 18 nitrogen and oxygen atoms in total. The van der Waals surface area contributed by atoms with Crippen LogP contribution in [0.25, 0.3) is 0 Å². The molecule has 9 atom stereocenters. The molecule has 0 saturated carbocycles.